The summed E-state index contributed by atoms with van der Waals surface area (Å²) in [6, 6.07) is 11.9. The number of hydrogen-bond acceptors (Lipinski definition) is 4. The van der Waals surface area contributed by atoms with Gasteiger partial charge in [0.1, 0.15) is 12.4 Å². The van der Waals surface area contributed by atoms with E-state index in [1.807, 2.05) is 47.9 Å². The maximum Gasteiger partial charge on any atom is 0.335 e. The first-order valence-electron chi connectivity index (χ1n) is 12.1. The number of nitrogens with zero attached hydrogens (tertiary/aromatic N) is 6. The molecule has 8 nitrogen and oxygen atoms in total. The summed E-state index contributed by atoms with van der Waals surface area (Å²) in [7, 11) is 0. The van der Waals surface area contributed by atoms with Gasteiger partial charge in [0, 0.05) is 30.1 Å². The first-order valence-corrected chi connectivity index (χ1v) is 12.1. The Balaban J connectivity index is 1.41. The third-order valence-electron chi connectivity index (χ3n) is 7.10. The van der Waals surface area contributed by atoms with Crippen molar-refractivity contribution in [1.82, 2.24) is 28.4 Å². The number of carbonyl (C=O) groups is 1. The predicted octanol–water partition coefficient (Wildman–Crippen LogP) is 4.07. The van der Waals surface area contributed by atoms with Gasteiger partial charge in [0.15, 0.2) is 0 Å². The summed E-state index contributed by atoms with van der Waals surface area (Å²) in [6.45, 7) is 1.84. The maximum atomic E-state index is 13.7. The van der Waals surface area contributed by atoms with Crippen LogP contribution in [-0.4, -0.2) is 53.3 Å². The summed E-state index contributed by atoms with van der Waals surface area (Å²) in [5.41, 5.74) is 4.34. The molecule has 1 aliphatic heterocycles. The van der Waals surface area contributed by atoms with Crippen LogP contribution in [0.1, 0.15) is 18.4 Å². The van der Waals surface area contributed by atoms with Crippen molar-refractivity contribution in [3.05, 3.63) is 83.4 Å². The van der Waals surface area contributed by atoms with Crippen LogP contribution in [-0.2, 0) is 11.3 Å². The number of pyridine rings is 2. The Bertz CT molecular complexity index is 1690. The highest BCUT2D eigenvalue weighted by Crippen LogP contribution is 2.27. The Kier molecular flexibility index (Phi) is 5.58. The lowest BCUT2D eigenvalue weighted by Crippen LogP contribution is -2.42. The Morgan fingerprint density at radius 2 is 1.97 bits per heavy atom. The number of alkyl halides is 2. The number of para-hydroxylation sites is 1. The van der Waals surface area contributed by atoms with Gasteiger partial charge in [0.25, 0.3) is 6.43 Å². The number of amides is 1. The zero-order valence-corrected chi connectivity index (χ0v) is 20.1. The Labute approximate surface area is 210 Å². The number of aryl methyl sites for hydroxylation is 1. The number of halogens is 2. The number of aromatic nitrogens is 5. The number of rotatable bonds is 5. The molecule has 1 saturated heterocycles. The number of likely N-dealkylation sites (tertiary alicyclic amines) is 1. The average Bonchev–Trinajstić information content (AvgIpc) is 3.63. The van der Waals surface area contributed by atoms with E-state index >= 15 is 0 Å². The summed E-state index contributed by atoms with van der Waals surface area (Å²) in [6.07, 6.45) is 5.31. The van der Waals surface area contributed by atoms with E-state index in [0.29, 0.717) is 23.3 Å². The largest absolute Gasteiger partial charge is 0.335 e. The van der Waals surface area contributed by atoms with Crippen molar-refractivity contribution in [1.29, 1.82) is 0 Å². The van der Waals surface area contributed by atoms with Crippen molar-refractivity contribution in [3.8, 4) is 16.9 Å². The van der Waals surface area contributed by atoms with Crippen molar-refractivity contribution >= 4 is 22.5 Å². The van der Waals surface area contributed by atoms with Gasteiger partial charge < -0.3 is 9.30 Å². The molecule has 0 saturated carbocycles. The summed E-state index contributed by atoms with van der Waals surface area (Å²) in [4.78, 5) is 36.7. The van der Waals surface area contributed by atoms with Crippen LogP contribution in [0.25, 0.3) is 33.5 Å². The van der Waals surface area contributed by atoms with E-state index in [4.69, 9.17) is 0 Å². The first-order chi connectivity index (χ1) is 17.9. The van der Waals surface area contributed by atoms with Crippen LogP contribution in [0.2, 0.25) is 0 Å². The van der Waals surface area contributed by atoms with Crippen molar-refractivity contribution in [2.75, 3.05) is 6.54 Å². The van der Waals surface area contributed by atoms with E-state index in [2.05, 4.69) is 9.97 Å². The highest BCUT2D eigenvalue weighted by atomic mass is 19.3. The minimum absolute atomic E-state index is 0.266. The molecular formula is C27H24F2N6O2. The molecule has 0 radical (unpaired) electrons. The van der Waals surface area contributed by atoms with Crippen LogP contribution >= 0.6 is 0 Å². The summed E-state index contributed by atoms with van der Waals surface area (Å²) in [5, 5.41) is 0. The molecule has 6 rings (SSSR count). The quantitative estimate of drug-likeness (QED) is 0.363. The fourth-order valence-corrected chi connectivity index (χ4v) is 5.30. The average molecular weight is 503 g/mol. The lowest BCUT2D eigenvalue weighted by molar-refractivity contribution is -0.135. The van der Waals surface area contributed by atoms with Gasteiger partial charge in [-0.1, -0.05) is 18.2 Å². The fourth-order valence-electron chi connectivity index (χ4n) is 5.30. The number of fused-ring (bicyclic) bond motifs is 2. The topological polar surface area (TPSA) is 77.4 Å². The van der Waals surface area contributed by atoms with Crippen LogP contribution in [0, 0.1) is 6.92 Å². The van der Waals surface area contributed by atoms with Crippen LogP contribution in [0.15, 0.2) is 72.2 Å². The molecule has 1 aromatic carbocycles. The van der Waals surface area contributed by atoms with Gasteiger partial charge in [-0.25, -0.2) is 28.1 Å². The van der Waals surface area contributed by atoms with Crippen LogP contribution in [0.5, 0.6) is 0 Å². The predicted molar refractivity (Wildman–Crippen MR) is 135 cm³/mol. The molecule has 5 heterocycles. The fraction of sp³-hybridized carbons (Fsp3) is 0.259. The molecule has 0 unspecified atom stereocenters. The number of carbonyl (C=O) groups excluding carboxylic acids is 1. The Morgan fingerprint density at radius 1 is 1.11 bits per heavy atom. The number of imidazole rings is 2. The smallest absolute Gasteiger partial charge is 0.332 e. The Hall–Kier alpha value is -4.34. The van der Waals surface area contributed by atoms with E-state index < -0.39 is 24.1 Å². The Morgan fingerprint density at radius 3 is 2.76 bits per heavy atom. The third-order valence-corrected chi connectivity index (χ3v) is 7.10. The monoisotopic (exact) mass is 502 g/mol. The maximum absolute atomic E-state index is 13.7. The van der Waals surface area contributed by atoms with Gasteiger partial charge in [-0.2, -0.15) is 0 Å². The van der Waals surface area contributed by atoms with Crippen molar-refractivity contribution in [2.45, 2.75) is 38.8 Å². The molecule has 1 fully saturated rings. The summed E-state index contributed by atoms with van der Waals surface area (Å²) >= 11 is 0. The molecule has 4 aromatic heterocycles. The molecule has 1 atom stereocenters. The summed E-state index contributed by atoms with van der Waals surface area (Å²) in [5.74, 6) is -0.0750. The van der Waals surface area contributed by atoms with Gasteiger partial charge in [-0.15, -0.1) is 0 Å². The van der Waals surface area contributed by atoms with Gasteiger partial charge in [-0.05, 0) is 49.6 Å². The van der Waals surface area contributed by atoms with Gasteiger partial charge in [0.2, 0.25) is 5.91 Å². The SMILES string of the molecule is Cc1cccc2c1n(-c1ccc(-c3cccn4cncc34)cn1)c(=O)n2CC(=O)N1CCC[C@H]1C(F)F. The van der Waals surface area contributed by atoms with Gasteiger partial charge >= 0.3 is 5.69 Å². The van der Waals surface area contributed by atoms with E-state index in [9.17, 15) is 18.4 Å². The van der Waals surface area contributed by atoms with E-state index in [0.717, 1.165) is 22.2 Å². The zero-order chi connectivity index (χ0) is 25.7. The number of hydrogen-bond donors (Lipinski definition) is 0. The lowest BCUT2D eigenvalue weighted by Gasteiger charge is -2.24. The molecule has 1 amide bonds. The van der Waals surface area contributed by atoms with Gasteiger partial charge in [-0.3, -0.25) is 9.36 Å². The lowest BCUT2D eigenvalue weighted by atomic mass is 10.1. The standard InChI is InChI=1S/C27H24F2N6O2/c1-17-5-2-7-20-25(17)35(27(37)34(20)15-24(36)33-12-4-8-21(33)26(28)29)23-10-9-18(13-31-23)19-6-3-11-32-16-30-14-22(19)32/h2-3,5-7,9-11,13-14,16,21,26H,4,8,12,15H2,1H3/t21-/m0/s1. The normalized spacial score (nSPS) is 15.9. The van der Waals surface area contributed by atoms with E-state index in [1.165, 1.54) is 14.0 Å². The third kappa shape index (κ3) is 3.80. The second-order valence-electron chi connectivity index (χ2n) is 9.29. The molecule has 37 heavy (non-hydrogen) atoms. The van der Waals surface area contributed by atoms with E-state index in [-0.39, 0.29) is 19.5 Å². The highest BCUT2D eigenvalue weighted by Gasteiger charge is 2.35. The molecule has 188 valence electrons. The van der Waals surface area contributed by atoms with Crippen LogP contribution in [0.3, 0.4) is 0 Å². The van der Waals surface area contributed by atoms with Crippen molar-refractivity contribution < 1.29 is 13.6 Å². The van der Waals surface area contributed by atoms with Gasteiger partial charge in [0.05, 0.1) is 35.1 Å². The molecule has 0 aliphatic carbocycles. The molecular weight excluding hydrogens is 478 g/mol. The molecule has 0 bridgehead atoms. The first kappa shape index (κ1) is 23.1. The highest BCUT2D eigenvalue weighted by molar-refractivity contribution is 5.85. The van der Waals surface area contributed by atoms with Crippen molar-refractivity contribution in [2.24, 2.45) is 0 Å². The molecule has 10 heteroatoms. The zero-order valence-electron chi connectivity index (χ0n) is 20.1. The molecule has 5 aromatic rings. The second-order valence-corrected chi connectivity index (χ2v) is 9.29. The molecule has 0 N–H and O–H groups in total. The number of benzene rings is 1. The minimum Gasteiger partial charge on any atom is -0.332 e. The minimum atomic E-state index is -2.61. The van der Waals surface area contributed by atoms with Crippen LogP contribution in [0.4, 0.5) is 8.78 Å². The summed E-state index contributed by atoms with van der Waals surface area (Å²) < 4.78 is 31.6. The van der Waals surface area contributed by atoms with Crippen molar-refractivity contribution in [3.63, 3.8) is 0 Å². The van der Waals surface area contributed by atoms with E-state index in [1.54, 1.807) is 30.9 Å². The molecule has 1 aliphatic rings. The molecule has 0 spiro atoms. The van der Waals surface area contributed by atoms with Crippen LogP contribution < -0.4 is 5.69 Å². The second kappa shape index (κ2) is 8.95.